The van der Waals surface area contributed by atoms with E-state index in [1.54, 1.807) is 31.3 Å². The topological polar surface area (TPSA) is 58.6 Å². The van der Waals surface area contributed by atoms with Crippen LogP contribution in [0.5, 0.6) is 5.75 Å². The summed E-state index contributed by atoms with van der Waals surface area (Å²) in [6.45, 7) is -0.490. The smallest absolute Gasteiger partial charge is 0.321 e. The second-order valence-electron chi connectivity index (χ2n) is 3.57. The summed E-state index contributed by atoms with van der Waals surface area (Å²) in [5.74, 6) is -0.298. The highest BCUT2D eigenvalue weighted by molar-refractivity contribution is 5.73. The molecule has 0 bridgehead atoms. The second-order valence-corrected chi connectivity index (χ2v) is 3.57. The van der Waals surface area contributed by atoms with E-state index in [4.69, 9.17) is 9.84 Å². The zero-order valence-electron chi connectivity index (χ0n) is 9.65. The Morgan fingerprint density at radius 3 is 2.59 bits per heavy atom. The summed E-state index contributed by atoms with van der Waals surface area (Å²) in [6, 6.07) is 6.37. The molecular formula is C12H16FNO3. The first-order valence-corrected chi connectivity index (χ1v) is 5.35. The van der Waals surface area contributed by atoms with Gasteiger partial charge in [0.1, 0.15) is 25.1 Å². The van der Waals surface area contributed by atoms with Gasteiger partial charge in [0.05, 0.1) is 0 Å². The summed E-state index contributed by atoms with van der Waals surface area (Å²) in [7, 11) is 1.61. The molecule has 17 heavy (non-hydrogen) atoms. The first-order valence-electron chi connectivity index (χ1n) is 5.35. The number of hydrogen-bond donors (Lipinski definition) is 2. The van der Waals surface area contributed by atoms with Gasteiger partial charge in [-0.15, -0.1) is 0 Å². The largest absolute Gasteiger partial charge is 0.491 e. The lowest BCUT2D eigenvalue weighted by molar-refractivity contribution is -0.139. The molecule has 0 heterocycles. The van der Waals surface area contributed by atoms with Gasteiger partial charge in [-0.25, -0.2) is 4.39 Å². The van der Waals surface area contributed by atoms with Crippen LogP contribution < -0.4 is 10.1 Å². The number of halogens is 1. The van der Waals surface area contributed by atoms with Gasteiger partial charge in [0.25, 0.3) is 0 Å². The first-order chi connectivity index (χ1) is 8.17. The van der Waals surface area contributed by atoms with Gasteiger partial charge in [-0.2, -0.15) is 0 Å². The number of hydrogen-bond acceptors (Lipinski definition) is 3. The number of carboxylic acid groups (broad SMARTS) is 1. The molecule has 0 amide bonds. The molecule has 1 rings (SSSR count). The van der Waals surface area contributed by atoms with Crippen LogP contribution in [0.4, 0.5) is 4.39 Å². The number of likely N-dealkylation sites (N-methyl/N-ethyl adjacent to an activating group) is 1. The Hall–Kier alpha value is -1.62. The van der Waals surface area contributed by atoms with Gasteiger partial charge in [0.15, 0.2) is 0 Å². The molecule has 0 saturated heterocycles. The van der Waals surface area contributed by atoms with Gasteiger partial charge >= 0.3 is 5.97 Å². The molecule has 0 radical (unpaired) electrons. The van der Waals surface area contributed by atoms with Crippen molar-refractivity contribution < 1.29 is 19.0 Å². The lowest BCUT2D eigenvalue weighted by atomic mass is 10.1. The molecule has 5 heteroatoms. The minimum atomic E-state index is -0.884. The van der Waals surface area contributed by atoms with Crippen molar-refractivity contribution in [1.82, 2.24) is 5.32 Å². The quantitative estimate of drug-likeness (QED) is 0.754. The molecule has 0 fully saturated rings. The third kappa shape index (κ3) is 4.40. The molecular weight excluding hydrogens is 225 g/mol. The summed E-state index contributed by atoms with van der Waals surface area (Å²) in [6.07, 6.45) is 0.398. The lowest BCUT2D eigenvalue weighted by Crippen LogP contribution is -2.35. The van der Waals surface area contributed by atoms with Crippen molar-refractivity contribution in [2.75, 3.05) is 20.3 Å². The number of carbonyl (C=O) groups is 1. The molecule has 1 aromatic carbocycles. The summed E-state index contributed by atoms with van der Waals surface area (Å²) in [5, 5.41) is 11.6. The van der Waals surface area contributed by atoms with E-state index in [0.29, 0.717) is 12.2 Å². The molecule has 1 aromatic rings. The molecule has 1 atom stereocenters. The Morgan fingerprint density at radius 1 is 1.47 bits per heavy atom. The van der Waals surface area contributed by atoms with Gasteiger partial charge in [0, 0.05) is 0 Å². The standard InChI is InChI=1S/C12H16FNO3/c1-14-11(12(15)16)8-9-2-4-10(5-3-9)17-7-6-13/h2-5,11,14H,6-8H2,1H3,(H,15,16). The van der Waals surface area contributed by atoms with Crippen molar-refractivity contribution in [2.45, 2.75) is 12.5 Å². The Labute approximate surface area is 99.4 Å². The highest BCUT2D eigenvalue weighted by atomic mass is 19.1. The highest BCUT2D eigenvalue weighted by Crippen LogP contribution is 2.13. The average Bonchev–Trinajstić information content (AvgIpc) is 2.34. The number of ether oxygens (including phenoxy) is 1. The number of carboxylic acids is 1. The number of rotatable bonds is 7. The van der Waals surface area contributed by atoms with Gasteiger partial charge in [-0.3, -0.25) is 4.79 Å². The number of benzene rings is 1. The summed E-state index contributed by atoms with van der Waals surface area (Å²) < 4.78 is 16.9. The van der Waals surface area contributed by atoms with Crippen LogP contribution in [-0.4, -0.2) is 37.4 Å². The van der Waals surface area contributed by atoms with Crippen LogP contribution in [0.1, 0.15) is 5.56 Å². The van der Waals surface area contributed by atoms with E-state index in [-0.39, 0.29) is 6.61 Å². The summed E-state index contributed by atoms with van der Waals surface area (Å²) in [5.41, 5.74) is 0.888. The first kappa shape index (κ1) is 13.4. The maximum absolute atomic E-state index is 11.9. The third-order valence-electron chi connectivity index (χ3n) is 2.36. The van der Waals surface area contributed by atoms with E-state index in [0.717, 1.165) is 5.56 Å². The predicted octanol–water partition coefficient (Wildman–Crippen LogP) is 1.25. The van der Waals surface area contributed by atoms with Crippen LogP contribution in [0.25, 0.3) is 0 Å². The minimum Gasteiger partial charge on any atom is -0.491 e. The lowest BCUT2D eigenvalue weighted by Gasteiger charge is -2.11. The fourth-order valence-corrected chi connectivity index (χ4v) is 1.43. The van der Waals surface area contributed by atoms with E-state index >= 15 is 0 Å². The van der Waals surface area contributed by atoms with Crippen LogP contribution in [0.2, 0.25) is 0 Å². The van der Waals surface area contributed by atoms with Gasteiger partial charge < -0.3 is 15.2 Å². The zero-order valence-corrected chi connectivity index (χ0v) is 9.65. The fourth-order valence-electron chi connectivity index (χ4n) is 1.43. The van der Waals surface area contributed by atoms with E-state index in [1.807, 2.05) is 0 Å². The van der Waals surface area contributed by atoms with Gasteiger partial charge in [-0.05, 0) is 31.2 Å². The van der Waals surface area contributed by atoms with Crippen molar-refractivity contribution in [3.05, 3.63) is 29.8 Å². The number of nitrogens with one attached hydrogen (secondary N) is 1. The predicted molar refractivity (Wildman–Crippen MR) is 62.1 cm³/mol. The number of aliphatic carboxylic acids is 1. The Bertz CT molecular complexity index is 353. The van der Waals surface area contributed by atoms with Crippen LogP contribution in [0.3, 0.4) is 0 Å². The van der Waals surface area contributed by atoms with Crippen molar-refractivity contribution >= 4 is 5.97 Å². The van der Waals surface area contributed by atoms with Crippen molar-refractivity contribution in [1.29, 1.82) is 0 Å². The maximum Gasteiger partial charge on any atom is 0.321 e. The van der Waals surface area contributed by atoms with Crippen LogP contribution in [-0.2, 0) is 11.2 Å². The second kappa shape index (κ2) is 6.85. The fraction of sp³-hybridized carbons (Fsp3) is 0.417. The Morgan fingerprint density at radius 2 is 2.12 bits per heavy atom. The monoisotopic (exact) mass is 241 g/mol. The average molecular weight is 241 g/mol. The van der Waals surface area contributed by atoms with Gasteiger partial charge in [0.2, 0.25) is 0 Å². The number of alkyl halides is 1. The van der Waals surface area contributed by atoms with Crippen molar-refractivity contribution in [3.8, 4) is 5.75 Å². The minimum absolute atomic E-state index is 0.0353. The molecule has 0 aliphatic carbocycles. The Kier molecular flexibility index (Phi) is 5.42. The third-order valence-corrected chi connectivity index (χ3v) is 2.36. The molecule has 0 spiro atoms. The molecule has 1 unspecified atom stereocenters. The summed E-state index contributed by atoms with van der Waals surface area (Å²) in [4.78, 5) is 10.8. The molecule has 0 saturated carbocycles. The SMILES string of the molecule is CNC(Cc1ccc(OCCF)cc1)C(=O)O. The van der Waals surface area contributed by atoms with E-state index in [2.05, 4.69) is 5.32 Å². The highest BCUT2D eigenvalue weighted by Gasteiger charge is 2.14. The van der Waals surface area contributed by atoms with Gasteiger partial charge in [-0.1, -0.05) is 12.1 Å². The normalized spacial score (nSPS) is 12.1. The molecule has 0 aliphatic heterocycles. The maximum atomic E-state index is 11.9. The van der Waals surface area contributed by atoms with Crippen LogP contribution in [0.15, 0.2) is 24.3 Å². The molecule has 4 nitrogen and oxygen atoms in total. The zero-order chi connectivity index (χ0) is 12.7. The molecule has 2 N–H and O–H groups in total. The Balaban J connectivity index is 2.58. The molecule has 0 aliphatic rings. The van der Waals surface area contributed by atoms with Crippen molar-refractivity contribution in [2.24, 2.45) is 0 Å². The summed E-state index contributed by atoms with van der Waals surface area (Å²) >= 11 is 0. The van der Waals surface area contributed by atoms with Crippen molar-refractivity contribution in [3.63, 3.8) is 0 Å². The molecule has 0 aromatic heterocycles. The van der Waals surface area contributed by atoms with E-state index in [1.165, 1.54) is 0 Å². The van der Waals surface area contributed by atoms with Crippen LogP contribution >= 0.6 is 0 Å². The van der Waals surface area contributed by atoms with Crippen LogP contribution in [0, 0.1) is 0 Å². The molecule has 94 valence electrons. The van der Waals surface area contributed by atoms with E-state index in [9.17, 15) is 9.18 Å². The van der Waals surface area contributed by atoms with E-state index < -0.39 is 18.7 Å².